The van der Waals surface area contributed by atoms with E-state index in [0.29, 0.717) is 13.2 Å². The summed E-state index contributed by atoms with van der Waals surface area (Å²) >= 11 is 0. The fraction of sp³-hybridized carbons (Fsp3) is 0.261. The molecule has 0 saturated carbocycles. The van der Waals surface area contributed by atoms with Crippen molar-refractivity contribution >= 4 is 29.0 Å². The van der Waals surface area contributed by atoms with E-state index in [0.717, 1.165) is 35.6 Å². The third-order valence-electron chi connectivity index (χ3n) is 4.76. The molecule has 1 aliphatic heterocycles. The minimum absolute atomic E-state index is 0. The molecule has 1 N–H and O–H groups in total. The van der Waals surface area contributed by atoms with Crippen molar-refractivity contribution < 1.29 is 9.47 Å². The minimum atomic E-state index is 0. The number of rotatable bonds is 6. The standard InChI is InChI=1S/C23H24N2O2.ClH/c1-16-4-3-5-17(12-16)18-6-7-19-15-22(27-11-10-26-2)21(14-20(19)13-18)23-24-8-9-25-23;/h3-7,12-15H,8-11H2,1-2H3,(H,24,25);1H. The first-order valence-corrected chi connectivity index (χ1v) is 9.30. The number of methoxy groups -OCH3 is 1. The first kappa shape index (κ1) is 20.2. The predicted molar refractivity (Wildman–Crippen MR) is 118 cm³/mol. The van der Waals surface area contributed by atoms with Gasteiger partial charge in [0.15, 0.2) is 0 Å². The Kier molecular flexibility index (Phi) is 6.55. The molecule has 0 amide bonds. The molecule has 146 valence electrons. The first-order valence-electron chi connectivity index (χ1n) is 9.30. The van der Waals surface area contributed by atoms with Crippen LogP contribution in [0.1, 0.15) is 11.1 Å². The molecule has 0 atom stereocenters. The minimum Gasteiger partial charge on any atom is -0.490 e. The maximum absolute atomic E-state index is 5.98. The molecule has 0 radical (unpaired) electrons. The zero-order valence-electron chi connectivity index (χ0n) is 16.2. The number of benzene rings is 3. The molecular formula is C23H25ClN2O2. The third kappa shape index (κ3) is 4.29. The van der Waals surface area contributed by atoms with Crippen molar-refractivity contribution in [3.05, 3.63) is 65.7 Å². The van der Waals surface area contributed by atoms with Gasteiger partial charge in [-0.15, -0.1) is 12.4 Å². The fourth-order valence-electron chi connectivity index (χ4n) is 3.40. The largest absolute Gasteiger partial charge is 0.490 e. The molecule has 3 aromatic rings. The Morgan fingerprint density at radius 3 is 2.57 bits per heavy atom. The van der Waals surface area contributed by atoms with Crippen LogP contribution in [-0.4, -0.2) is 39.2 Å². The van der Waals surface area contributed by atoms with E-state index in [9.17, 15) is 0 Å². The summed E-state index contributed by atoms with van der Waals surface area (Å²) in [5, 5.41) is 5.69. The number of nitrogens with zero attached hydrogens (tertiary/aromatic N) is 1. The summed E-state index contributed by atoms with van der Waals surface area (Å²) in [5.41, 5.74) is 4.72. The number of halogens is 1. The summed E-state index contributed by atoms with van der Waals surface area (Å²) in [6.45, 7) is 4.87. The molecule has 0 aromatic heterocycles. The number of amidine groups is 1. The maximum atomic E-state index is 5.98. The van der Waals surface area contributed by atoms with Crippen LogP contribution in [0.25, 0.3) is 21.9 Å². The molecule has 28 heavy (non-hydrogen) atoms. The molecule has 1 aliphatic rings. The van der Waals surface area contributed by atoms with Crippen molar-refractivity contribution in [3.8, 4) is 16.9 Å². The molecule has 0 saturated heterocycles. The van der Waals surface area contributed by atoms with E-state index in [1.54, 1.807) is 7.11 Å². The predicted octanol–water partition coefficient (Wildman–Crippen LogP) is 4.61. The lowest BCUT2D eigenvalue weighted by atomic mass is 9.98. The molecule has 0 aliphatic carbocycles. The number of hydrogen-bond acceptors (Lipinski definition) is 4. The van der Waals surface area contributed by atoms with Crippen molar-refractivity contribution in [2.45, 2.75) is 6.92 Å². The first-order chi connectivity index (χ1) is 13.2. The van der Waals surface area contributed by atoms with Crippen LogP contribution in [0.4, 0.5) is 0 Å². The lowest BCUT2D eigenvalue weighted by molar-refractivity contribution is 0.146. The van der Waals surface area contributed by atoms with Gasteiger partial charge in [-0.3, -0.25) is 4.99 Å². The van der Waals surface area contributed by atoms with Crippen LogP contribution in [0.5, 0.6) is 5.75 Å². The number of aryl methyl sites for hydroxylation is 1. The van der Waals surface area contributed by atoms with E-state index >= 15 is 0 Å². The van der Waals surface area contributed by atoms with Crippen LogP contribution < -0.4 is 10.1 Å². The number of nitrogens with one attached hydrogen (secondary N) is 1. The highest BCUT2D eigenvalue weighted by atomic mass is 35.5. The van der Waals surface area contributed by atoms with Gasteiger partial charge in [-0.1, -0.05) is 42.0 Å². The van der Waals surface area contributed by atoms with Gasteiger partial charge in [0.25, 0.3) is 0 Å². The molecule has 3 aromatic carbocycles. The van der Waals surface area contributed by atoms with Gasteiger partial charge in [0, 0.05) is 13.7 Å². The van der Waals surface area contributed by atoms with Crippen LogP contribution in [0, 0.1) is 6.92 Å². The highest BCUT2D eigenvalue weighted by Crippen LogP contribution is 2.31. The molecule has 1 heterocycles. The molecule has 5 heteroatoms. The Balaban J connectivity index is 0.00000225. The van der Waals surface area contributed by atoms with Gasteiger partial charge in [-0.2, -0.15) is 0 Å². The summed E-state index contributed by atoms with van der Waals surface area (Å²) in [6, 6.07) is 19.4. The Morgan fingerprint density at radius 1 is 0.964 bits per heavy atom. The van der Waals surface area contributed by atoms with Crippen LogP contribution >= 0.6 is 12.4 Å². The Morgan fingerprint density at radius 2 is 1.82 bits per heavy atom. The lowest BCUT2D eigenvalue weighted by Crippen LogP contribution is -2.20. The highest BCUT2D eigenvalue weighted by molar-refractivity contribution is 6.06. The van der Waals surface area contributed by atoms with Crippen molar-refractivity contribution in [2.75, 3.05) is 33.4 Å². The SMILES string of the molecule is COCCOc1cc2ccc(-c3cccc(C)c3)cc2cc1C1=NCCN1.Cl. The number of aliphatic imine (C=N–C) groups is 1. The Bertz CT molecular complexity index is 1000. The quantitative estimate of drug-likeness (QED) is 0.618. The monoisotopic (exact) mass is 396 g/mol. The highest BCUT2D eigenvalue weighted by Gasteiger charge is 2.15. The molecule has 0 bridgehead atoms. The van der Waals surface area contributed by atoms with E-state index in [1.165, 1.54) is 22.1 Å². The summed E-state index contributed by atoms with van der Waals surface area (Å²) in [5.74, 6) is 1.75. The van der Waals surface area contributed by atoms with Crippen LogP contribution in [-0.2, 0) is 4.74 Å². The molecule has 0 unspecified atom stereocenters. The second kappa shape index (κ2) is 9.09. The zero-order chi connectivity index (χ0) is 18.6. The molecule has 0 fully saturated rings. The van der Waals surface area contributed by atoms with Gasteiger partial charge in [-0.25, -0.2) is 0 Å². The topological polar surface area (TPSA) is 42.9 Å². The van der Waals surface area contributed by atoms with E-state index in [-0.39, 0.29) is 12.4 Å². The summed E-state index contributed by atoms with van der Waals surface area (Å²) in [7, 11) is 1.68. The Labute approximate surface area is 172 Å². The second-order valence-corrected chi connectivity index (χ2v) is 6.78. The van der Waals surface area contributed by atoms with Crippen molar-refractivity contribution in [1.82, 2.24) is 5.32 Å². The second-order valence-electron chi connectivity index (χ2n) is 6.78. The average molecular weight is 397 g/mol. The van der Waals surface area contributed by atoms with Gasteiger partial charge >= 0.3 is 0 Å². The van der Waals surface area contributed by atoms with Gasteiger partial charge in [0.05, 0.1) is 18.7 Å². The van der Waals surface area contributed by atoms with Crippen molar-refractivity contribution in [3.63, 3.8) is 0 Å². The van der Waals surface area contributed by atoms with Crippen molar-refractivity contribution in [1.29, 1.82) is 0 Å². The normalized spacial score (nSPS) is 13.0. The van der Waals surface area contributed by atoms with E-state index < -0.39 is 0 Å². The fourth-order valence-corrected chi connectivity index (χ4v) is 3.40. The number of ether oxygens (including phenoxy) is 2. The lowest BCUT2D eigenvalue weighted by Gasteiger charge is -2.14. The molecular weight excluding hydrogens is 372 g/mol. The Hall–Kier alpha value is -2.56. The zero-order valence-corrected chi connectivity index (χ0v) is 17.0. The summed E-state index contributed by atoms with van der Waals surface area (Å²) in [4.78, 5) is 4.59. The summed E-state index contributed by atoms with van der Waals surface area (Å²) in [6.07, 6.45) is 0. The molecule has 0 spiro atoms. The molecule has 4 nitrogen and oxygen atoms in total. The summed E-state index contributed by atoms with van der Waals surface area (Å²) < 4.78 is 11.1. The van der Waals surface area contributed by atoms with E-state index in [2.05, 4.69) is 71.8 Å². The van der Waals surface area contributed by atoms with Crippen molar-refractivity contribution in [2.24, 2.45) is 4.99 Å². The van der Waals surface area contributed by atoms with Gasteiger partial charge < -0.3 is 14.8 Å². The number of hydrogen-bond donors (Lipinski definition) is 1. The van der Waals surface area contributed by atoms with Crippen LogP contribution in [0.2, 0.25) is 0 Å². The van der Waals surface area contributed by atoms with E-state index in [1.807, 2.05) is 0 Å². The van der Waals surface area contributed by atoms with E-state index in [4.69, 9.17) is 9.47 Å². The third-order valence-corrected chi connectivity index (χ3v) is 4.76. The van der Waals surface area contributed by atoms with Crippen LogP contribution in [0.15, 0.2) is 59.6 Å². The van der Waals surface area contributed by atoms with Gasteiger partial charge in [0.1, 0.15) is 18.2 Å². The van der Waals surface area contributed by atoms with Gasteiger partial charge in [0.2, 0.25) is 0 Å². The maximum Gasteiger partial charge on any atom is 0.132 e. The average Bonchev–Trinajstić information content (AvgIpc) is 3.22. The smallest absolute Gasteiger partial charge is 0.132 e. The van der Waals surface area contributed by atoms with Crippen LogP contribution in [0.3, 0.4) is 0 Å². The molecule has 4 rings (SSSR count). The van der Waals surface area contributed by atoms with Gasteiger partial charge in [-0.05, 0) is 47.0 Å². The number of fused-ring (bicyclic) bond motifs is 1.